The third-order valence-corrected chi connectivity index (χ3v) is 5.76. The van der Waals surface area contributed by atoms with Gasteiger partial charge in [-0.2, -0.15) is 0 Å². The molecule has 7 heteroatoms. The number of fused-ring (bicyclic) bond motifs is 2. The summed E-state index contributed by atoms with van der Waals surface area (Å²) in [4.78, 5) is 30.5. The topological polar surface area (TPSA) is 83.0 Å². The molecule has 1 aromatic rings. The van der Waals surface area contributed by atoms with Gasteiger partial charge in [0.2, 0.25) is 5.88 Å². The summed E-state index contributed by atoms with van der Waals surface area (Å²) in [5.74, 6) is 0.796. The molecule has 0 bridgehead atoms. The second-order valence-corrected chi connectivity index (χ2v) is 8.42. The summed E-state index contributed by atoms with van der Waals surface area (Å²) in [7, 11) is 1.66. The quantitative estimate of drug-likeness (QED) is 0.870. The van der Waals surface area contributed by atoms with E-state index in [0.717, 1.165) is 49.3 Å². The van der Waals surface area contributed by atoms with Crippen molar-refractivity contribution in [3.8, 4) is 5.88 Å². The van der Waals surface area contributed by atoms with Crippen LogP contribution < -0.4 is 4.74 Å². The normalized spacial score (nSPS) is 25.8. The van der Waals surface area contributed by atoms with Gasteiger partial charge in [0.15, 0.2) is 0 Å². The zero-order valence-corrected chi connectivity index (χ0v) is 16.8. The summed E-state index contributed by atoms with van der Waals surface area (Å²) in [6, 6.07) is 2.20. The molecule has 0 spiro atoms. The number of carbonyl (C=O) groups is 2. The van der Waals surface area contributed by atoms with Crippen LogP contribution in [0.25, 0.3) is 0 Å². The van der Waals surface area contributed by atoms with E-state index >= 15 is 0 Å². The average molecular weight is 375 g/mol. The van der Waals surface area contributed by atoms with Gasteiger partial charge in [-0.05, 0) is 37.7 Å². The van der Waals surface area contributed by atoms with Gasteiger partial charge < -0.3 is 14.7 Å². The van der Waals surface area contributed by atoms with E-state index in [4.69, 9.17) is 14.6 Å². The van der Waals surface area contributed by atoms with Gasteiger partial charge in [-0.1, -0.05) is 6.92 Å². The molecule has 2 aliphatic heterocycles. The molecule has 2 unspecified atom stereocenters. The Kier molecular flexibility index (Phi) is 5.16. The van der Waals surface area contributed by atoms with Crippen molar-refractivity contribution < 1.29 is 19.4 Å². The van der Waals surface area contributed by atoms with Gasteiger partial charge in [-0.3, -0.25) is 14.5 Å². The molecule has 1 aliphatic carbocycles. The molecule has 3 heterocycles. The molecule has 0 radical (unpaired) electrons. The first kappa shape index (κ1) is 19.6. The van der Waals surface area contributed by atoms with Crippen molar-refractivity contribution in [3.63, 3.8) is 0 Å². The SMILES string of the molecule is CC(=O)O.COc1nc2c(cc1CN1CC3CC3(C)C1)C(=O)N(C(C)C)C2. The molecule has 1 amide bonds. The zero-order valence-electron chi connectivity index (χ0n) is 16.8. The Bertz CT molecular complexity index is 760. The second kappa shape index (κ2) is 7.11. The minimum atomic E-state index is -0.833. The van der Waals surface area contributed by atoms with Crippen molar-refractivity contribution in [1.82, 2.24) is 14.8 Å². The molecule has 1 saturated heterocycles. The fraction of sp³-hybridized carbons (Fsp3) is 0.650. The van der Waals surface area contributed by atoms with Crippen molar-refractivity contribution in [1.29, 1.82) is 0 Å². The maximum atomic E-state index is 12.6. The highest BCUT2D eigenvalue weighted by atomic mass is 16.5. The molecule has 1 N–H and O–H groups in total. The number of aliphatic carboxylic acids is 1. The first-order valence-electron chi connectivity index (χ1n) is 9.44. The number of pyridine rings is 1. The lowest BCUT2D eigenvalue weighted by Crippen LogP contribution is -2.30. The Labute approximate surface area is 160 Å². The van der Waals surface area contributed by atoms with Crippen LogP contribution in [0.2, 0.25) is 0 Å². The Morgan fingerprint density at radius 1 is 1.48 bits per heavy atom. The van der Waals surface area contributed by atoms with Crippen LogP contribution in [-0.2, 0) is 17.9 Å². The molecule has 1 aromatic heterocycles. The monoisotopic (exact) mass is 375 g/mol. The molecule has 27 heavy (non-hydrogen) atoms. The van der Waals surface area contributed by atoms with Crippen molar-refractivity contribution in [2.45, 2.75) is 53.2 Å². The van der Waals surface area contributed by atoms with Gasteiger partial charge in [0.05, 0.1) is 24.9 Å². The highest BCUT2D eigenvalue weighted by Gasteiger charge is 2.55. The summed E-state index contributed by atoms with van der Waals surface area (Å²) >= 11 is 0. The first-order valence-corrected chi connectivity index (χ1v) is 9.44. The van der Waals surface area contributed by atoms with E-state index in [1.54, 1.807) is 7.11 Å². The smallest absolute Gasteiger partial charge is 0.300 e. The molecule has 2 fully saturated rings. The third-order valence-electron chi connectivity index (χ3n) is 5.76. The lowest BCUT2D eigenvalue weighted by molar-refractivity contribution is -0.134. The number of rotatable bonds is 4. The van der Waals surface area contributed by atoms with Gasteiger partial charge in [0.1, 0.15) is 0 Å². The summed E-state index contributed by atoms with van der Waals surface area (Å²) in [5.41, 5.74) is 3.17. The van der Waals surface area contributed by atoms with Crippen LogP contribution in [0, 0.1) is 11.3 Å². The molecule has 2 atom stereocenters. The van der Waals surface area contributed by atoms with Gasteiger partial charge in [-0.25, -0.2) is 4.98 Å². The minimum Gasteiger partial charge on any atom is -0.481 e. The highest BCUT2D eigenvalue weighted by molar-refractivity contribution is 5.98. The first-order chi connectivity index (χ1) is 12.6. The van der Waals surface area contributed by atoms with Crippen LogP contribution in [0.5, 0.6) is 5.88 Å². The number of carbonyl (C=O) groups excluding carboxylic acids is 1. The van der Waals surface area contributed by atoms with Crippen LogP contribution in [-0.4, -0.2) is 58.0 Å². The number of carboxylic acid groups (broad SMARTS) is 1. The number of hydrogen-bond donors (Lipinski definition) is 1. The number of methoxy groups -OCH3 is 1. The summed E-state index contributed by atoms with van der Waals surface area (Å²) in [6.07, 6.45) is 1.37. The predicted octanol–water partition coefficient (Wildman–Crippen LogP) is 2.39. The third kappa shape index (κ3) is 3.93. The Morgan fingerprint density at radius 2 is 2.15 bits per heavy atom. The number of nitrogens with zero attached hydrogens (tertiary/aromatic N) is 3. The van der Waals surface area contributed by atoms with E-state index in [1.165, 1.54) is 6.42 Å². The van der Waals surface area contributed by atoms with E-state index in [2.05, 4.69) is 16.8 Å². The molecule has 0 aromatic carbocycles. The van der Waals surface area contributed by atoms with Crippen LogP contribution >= 0.6 is 0 Å². The fourth-order valence-electron chi connectivity index (χ4n) is 4.21. The molecule has 1 saturated carbocycles. The van der Waals surface area contributed by atoms with E-state index < -0.39 is 5.97 Å². The highest BCUT2D eigenvalue weighted by Crippen LogP contribution is 2.57. The van der Waals surface area contributed by atoms with Crippen LogP contribution in [0.15, 0.2) is 6.07 Å². The number of amides is 1. The van der Waals surface area contributed by atoms with E-state index in [0.29, 0.717) is 17.8 Å². The number of hydrogen-bond acceptors (Lipinski definition) is 5. The van der Waals surface area contributed by atoms with Gasteiger partial charge in [-0.15, -0.1) is 0 Å². The van der Waals surface area contributed by atoms with Crippen LogP contribution in [0.1, 0.15) is 55.7 Å². The summed E-state index contributed by atoms with van der Waals surface area (Å²) < 4.78 is 5.51. The maximum Gasteiger partial charge on any atom is 0.300 e. The van der Waals surface area contributed by atoms with Crippen molar-refractivity contribution in [2.75, 3.05) is 20.2 Å². The lowest BCUT2D eigenvalue weighted by atomic mass is 10.1. The van der Waals surface area contributed by atoms with E-state index in [1.807, 2.05) is 24.8 Å². The van der Waals surface area contributed by atoms with Gasteiger partial charge >= 0.3 is 0 Å². The van der Waals surface area contributed by atoms with Crippen molar-refractivity contribution in [3.05, 3.63) is 22.9 Å². The van der Waals surface area contributed by atoms with Gasteiger partial charge in [0.25, 0.3) is 11.9 Å². The molecule has 4 rings (SSSR count). The molecular weight excluding hydrogens is 346 g/mol. The minimum absolute atomic E-state index is 0.0997. The summed E-state index contributed by atoms with van der Waals surface area (Å²) in [6.45, 7) is 11.3. The Morgan fingerprint density at radius 3 is 2.67 bits per heavy atom. The molecule has 3 aliphatic rings. The lowest BCUT2D eigenvalue weighted by Gasteiger charge is -2.20. The predicted molar refractivity (Wildman–Crippen MR) is 101 cm³/mol. The second-order valence-electron chi connectivity index (χ2n) is 8.42. The van der Waals surface area contributed by atoms with Crippen molar-refractivity contribution >= 4 is 11.9 Å². The number of aromatic nitrogens is 1. The van der Waals surface area contributed by atoms with E-state index in [-0.39, 0.29) is 11.9 Å². The number of likely N-dealkylation sites (tertiary alicyclic amines) is 1. The zero-order chi connectivity index (χ0) is 19.9. The van der Waals surface area contributed by atoms with Gasteiger partial charge in [0, 0.05) is 38.2 Å². The summed E-state index contributed by atoms with van der Waals surface area (Å²) in [5, 5.41) is 7.42. The van der Waals surface area contributed by atoms with Crippen LogP contribution in [0.3, 0.4) is 0 Å². The molecule has 7 nitrogen and oxygen atoms in total. The number of piperidine rings is 1. The van der Waals surface area contributed by atoms with Crippen LogP contribution in [0.4, 0.5) is 0 Å². The standard InChI is InChI=1S/C18H25N3O2.C2H4O2/c1-11(2)21-9-15-14(17(21)22)5-12(16(19-15)23-4)7-20-8-13-6-18(13,3)10-20;1-2(3)4/h5,11,13H,6-10H2,1-4H3;1H3,(H,3,4). The number of ether oxygens (including phenoxy) is 1. The average Bonchev–Trinajstić information content (AvgIpc) is 2.92. The fourth-order valence-corrected chi connectivity index (χ4v) is 4.21. The number of carboxylic acids is 1. The maximum absolute atomic E-state index is 12.6. The van der Waals surface area contributed by atoms with Crippen molar-refractivity contribution in [2.24, 2.45) is 11.3 Å². The largest absolute Gasteiger partial charge is 0.481 e. The molecular formula is C20H29N3O4. The molecule has 148 valence electrons. The van der Waals surface area contributed by atoms with E-state index in [9.17, 15) is 4.79 Å². The Hall–Kier alpha value is -2.15. The Balaban J connectivity index is 0.000000481.